The Morgan fingerprint density at radius 2 is 2.24 bits per heavy atom. The number of halogens is 2. The van der Waals surface area contributed by atoms with E-state index in [0.29, 0.717) is 10.8 Å². The zero-order valence-electron chi connectivity index (χ0n) is 10.9. The van der Waals surface area contributed by atoms with Gasteiger partial charge in [-0.15, -0.1) is 11.3 Å². The number of amides is 1. The molecule has 0 atom stereocenters. The van der Waals surface area contributed by atoms with Gasteiger partial charge in [0, 0.05) is 5.38 Å². The molecule has 5 nitrogen and oxygen atoms in total. The molecular weight excluding hydrogens is 363 g/mol. The average molecular weight is 373 g/mol. The van der Waals surface area contributed by atoms with Crippen LogP contribution in [0.25, 0.3) is 0 Å². The van der Waals surface area contributed by atoms with Crippen LogP contribution in [-0.2, 0) is 16.0 Å². The summed E-state index contributed by atoms with van der Waals surface area (Å²) >= 11 is 4.20. The van der Waals surface area contributed by atoms with Crippen molar-refractivity contribution in [2.75, 3.05) is 12.4 Å². The second-order valence-electron chi connectivity index (χ2n) is 3.95. The highest BCUT2D eigenvalue weighted by Crippen LogP contribution is 2.23. The number of hydrogen-bond acceptors (Lipinski definition) is 5. The molecule has 1 heterocycles. The van der Waals surface area contributed by atoms with E-state index >= 15 is 0 Å². The Hall–Kier alpha value is -1.80. The van der Waals surface area contributed by atoms with Gasteiger partial charge >= 0.3 is 5.97 Å². The molecule has 0 fully saturated rings. The number of methoxy groups -OCH3 is 1. The number of nitrogens with one attached hydrogen (secondary N) is 1. The molecule has 1 amide bonds. The number of carbonyl (C=O) groups excluding carboxylic acids is 2. The van der Waals surface area contributed by atoms with Crippen molar-refractivity contribution in [3.05, 3.63) is 45.1 Å². The highest BCUT2D eigenvalue weighted by molar-refractivity contribution is 9.10. The summed E-state index contributed by atoms with van der Waals surface area (Å²) in [5.41, 5.74) is 0.667. The fourth-order valence-corrected chi connectivity index (χ4v) is 2.66. The van der Waals surface area contributed by atoms with Crippen molar-refractivity contribution in [3.8, 4) is 0 Å². The predicted molar refractivity (Wildman–Crippen MR) is 79.9 cm³/mol. The zero-order chi connectivity index (χ0) is 15.4. The first kappa shape index (κ1) is 15.6. The van der Waals surface area contributed by atoms with Crippen LogP contribution in [0.3, 0.4) is 0 Å². The Morgan fingerprint density at radius 3 is 2.95 bits per heavy atom. The van der Waals surface area contributed by atoms with Crippen LogP contribution in [0.4, 0.5) is 9.52 Å². The van der Waals surface area contributed by atoms with E-state index < -0.39 is 17.7 Å². The van der Waals surface area contributed by atoms with Crippen LogP contribution in [0, 0.1) is 5.82 Å². The molecule has 2 aromatic rings. The normalized spacial score (nSPS) is 10.2. The summed E-state index contributed by atoms with van der Waals surface area (Å²) in [6.45, 7) is 0. The van der Waals surface area contributed by atoms with Gasteiger partial charge in [-0.3, -0.25) is 14.9 Å². The van der Waals surface area contributed by atoms with Crippen LogP contribution < -0.4 is 5.32 Å². The number of carbonyl (C=O) groups is 2. The summed E-state index contributed by atoms with van der Waals surface area (Å²) in [6, 6.07) is 4.18. The number of thiazole rings is 1. The fraction of sp³-hybridized carbons (Fsp3) is 0.154. The van der Waals surface area contributed by atoms with Gasteiger partial charge in [0.25, 0.3) is 5.91 Å². The van der Waals surface area contributed by atoms with E-state index in [1.165, 1.54) is 36.6 Å². The highest BCUT2D eigenvalue weighted by atomic mass is 79.9. The number of rotatable bonds is 4. The molecule has 0 unspecified atom stereocenters. The monoisotopic (exact) mass is 372 g/mol. The molecule has 2 rings (SSSR count). The molecule has 21 heavy (non-hydrogen) atoms. The van der Waals surface area contributed by atoms with E-state index in [4.69, 9.17) is 0 Å². The second-order valence-corrected chi connectivity index (χ2v) is 5.60. The Bertz CT molecular complexity index is 690. The van der Waals surface area contributed by atoms with Crippen molar-refractivity contribution >= 4 is 44.3 Å². The molecular formula is C13H10BrFN2O3S. The lowest BCUT2D eigenvalue weighted by Gasteiger charge is -2.04. The van der Waals surface area contributed by atoms with Crippen molar-refractivity contribution < 1.29 is 18.7 Å². The van der Waals surface area contributed by atoms with Crippen LogP contribution in [0.1, 0.15) is 16.1 Å². The van der Waals surface area contributed by atoms with Crippen LogP contribution >= 0.6 is 27.3 Å². The van der Waals surface area contributed by atoms with Crippen molar-refractivity contribution in [2.45, 2.75) is 6.42 Å². The first-order valence-electron chi connectivity index (χ1n) is 5.78. The Morgan fingerprint density at radius 1 is 1.48 bits per heavy atom. The smallest absolute Gasteiger partial charge is 0.311 e. The summed E-state index contributed by atoms with van der Waals surface area (Å²) in [5.74, 6) is -1.42. The molecule has 1 aromatic heterocycles. The summed E-state index contributed by atoms with van der Waals surface area (Å²) in [7, 11) is 1.29. The number of hydrogen-bond donors (Lipinski definition) is 1. The minimum Gasteiger partial charge on any atom is -0.469 e. The maximum absolute atomic E-state index is 13.4. The molecule has 0 saturated carbocycles. The molecule has 0 aliphatic rings. The maximum Gasteiger partial charge on any atom is 0.311 e. The van der Waals surface area contributed by atoms with Crippen molar-refractivity contribution in [1.82, 2.24) is 4.98 Å². The fourth-order valence-electron chi connectivity index (χ4n) is 1.51. The van der Waals surface area contributed by atoms with Gasteiger partial charge in [-0.05, 0) is 28.1 Å². The van der Waals surface area contributed by atoms with E-state index in [9.17, 15) is 14.0 Å². The maximum atomic E-state index is 13.4. The molecule has 0 radical (unpaired) electrons. The van der Waals surface area contributed by atoms with Crippen LogP contribution in [-0.4, -0.2) is 24.0 Å². The lowest BCUT2D eigenvalue weighted by Crippen LogP contribution is -2.13. The topological polar surface area (TPSA) is 68.3 Å². The van der Waals surface area contributed by atoms with Gasteiger partial charge in [-0.25, -0.2) is 9.37 Å². The van der Waals surface area contributed by atoms with E-state index in [0.717, 1.165) is 0 Å². The number of ether oxygens (including phenoxy) is 1. The van der Waals surface area contributed by atoms with Gasteiger partial charge in [-0.1, -0.05) is 6.07 Å². The quantitative estimate of drug-likeness (QED) is 0.837. The molecule has 1 aromatic carbocycles. The van der Waals surface area contributed by atoms with E-state index in [2.05, 4.69) is 31.0 Å². The number of esters is 1. The minimum absolute atomic E-state index is 0.0343. The third kappa shape index (κ3) is 3.85. The van der Waals surface area contributed by atoms with Gasteiger partial charge < -0.3 is 4.74 Å². The molecule has 0 aliphatic carbocycles. The van der Waals surface area contributed by atoms with Gasteiger partial charge in [-0.2, -0.15) is 0 Å². The van der Waals surface area contributed by atoms with E-state index in [-0.39, 0.29) is 16.5 Å². The van der Waals surface area contributed by atoms with Crippen molar-refractivity contribution in [3.63, 3.8) is 0 Å². The largest absolute Gasteiger partial charge is 0.469 e. The summed E-state index contributed by atoms with van der Waals surface area (Å²) in [4.78, 5) is 27.3. The Labute approximate surface area is 132 Å². The van der Waals surface area contributed by atoms with Crippen LogP contribution in [0.15, 0.2) is 28.1 Å². The standard InChI is InChI=1S/C13H10BrFN2O3S/c1-20-10(18)5-7-6-21-13(16-7)17-12(19)8-3-2-4-9(15)11(8)14/h2-4,6H,5H2,1H3,(H,16,17,19). The molecule has 0 saturated heterocycles. The number of nitrogens with zero attached hydrogens (tertiary/aromatic N) is 1. The summed E-state index contributed by atoms with van der Waals surface area (Å²) in [6.07, 6.45) is 0.0343. The first-order chi connectivity index (χ1) is 10.0. The number of benzene rings is 1. The molecule has 1 N–H and O–H groups in total. The third-order valence-corrected chi connectivity index (χ3v) is 4.13. The van der Waals surface area contributed by atoms with E-state index in [1.807, 2.05) is 0 Å². The SMILES string of the molecule is COC(=O)Cc1csc(NC(=O)c2cccc(F)c2Br)n1. The third-order valence-electron chi connectivity index (χ3n) is 2.52. The Balaban J connectivity index is 2.09. The second kappa shape index (κ2) is 6.77. The lowest BCUT2D eigenvalue weighted by atomic mass is 10.2. The molecule has 0 spiro atoms. The molecule has 0 bridgehead atoms. The number of anilines is 1. The summed E-state index contributed by atoms with van der Waals surface area (Å²) < 4.78 is 18.0. The van der Waals surface area contributed by atoms with Crippen LogP contribution in [0.5, 0.6) is 0 Å². The highest BCUT2D eigenvalue weighted by Gasteiger charge is 2.15. The van der Waals surface area contributed by atoms with Gasteiger partial charge in [0.05, 0.1) is 29.3 Å². The Kier molecular flexibility index (Phi) is 5.03. The van der Waals surface area contributed by atoms with Gasteiger partial charge in [0.15, 0.2) is 5.13 Å². The molecule has 110 valence electrons. The predicted octanol–water partition coefficient (Wildman–Crippen LogP) is 3.01. The van der Waals surface area contributed by atoms with Gasteiger partial charge in [0.2, 0.25) is 0 Å². The first-order valence-corrected chi connectivity index (χ1v) is 7.45. The zero-order valence-corrected chi connectivity index (χ0v) is 13.3. The van der Waals surface area contributed by atoms with Crippen LogP contribution in [0.2, 0.25) is 0 Å². The number of aromatic nitrogens is 1. The van der Waals surface area contributed by atoms with Crippen molar-refractivity contribution in [2.24, 2.45) is 0 Å². The lowest BCUT2D eigenvalue weighted by molar-refractivity contribution is -0.139. The van der Waals surface area contributed by atoms with Crippen molar-refractivity contribution in [1.29, 1.82) is 0 Å². The average Bonchev–Trinajstić information content (AvgIpc) is 2.88. The molecule has 8 heteroatoms. The summed E-state index contributed by atoms with van der Waals surface area (Å²) in [5, 5.41) is 4.53. The van der Waals surface area contributed by atoms with Gasteiger partial charge in [0.1, 0.15) is 5.82 Å². The molecule has 0 aliphatic heterocycles. The van der Waals surface area contributed by atoms with E-state index in [1.54, 1.807) is 5.38 Å². The minimum atomic E-state index is -0.520.